The smallest absolute Gasteiger partial charge is 0.00632 e. The van der Waals surface area contributed by atoms with Gasteiger partial charge in [-0.1, -0.05) is 68.4 Å². The molecule has 0 nitrogen and oxygen atoms in total. The Morgan fingerprint density at radius 2 is 1.56 bits per heavy atom. The molecule has 2 rings (SSSR count). The molecule has 0 aliphatic carbocycles. The van der Waals surface area contributed by atoms with E-state index < -0.39 is 0 Å². The van der Waals surface area contributed by atoms with Gasteiger partial charge in [0, 0.05) is 0 Å². The maximum Gasteiger partial charge on any atom is -0.00632 e. The van der Waals surface area contributed by atoms with Gasteiger partial charge in [-0.3, -0.25) is 0 Å². The summed E-state index contributed by atoms with van der Waals surface area (Å²) in [5, 5.41) is 0. The first-order chi connectivity index (χ1) is 7.68. The summed E-state index contributed by atoms with van der Waals surface area (Å²) in [4.78, 5) is 0. The van der Waals surface area contributed by atoms with Crippen LogP contribution in [-0.4, -0.2) is 0 Å². The van der Waals surface area contributed by atoms with Gasteiger partial charge in [0.25, 0.3) is 0 Å². The third kappa shape index (κ3) is 2.52. The van der Waals surface area contributed by atoms with Crippen LogP contribution in [0.4, 0.5) is 0 Å². The molecule has 0 fully saturated rings. The molecule has 81 valence electrons. The van der Waals surface area contributed by atoms with Crippen LogP contribution in [0.15, 0.2) is 54.6 Å². The Hall–Kier alpha value is -1.56. The van der Waals surface area contributed by atoms with Gasteiger partial charge in [0.1, 0.15) is 0 Å². The van der Waals surface area contributed by atoms with E-state index in [0.717, 1.165) is 6.42 Å². The summed E-state index contributed by atoms with van der Waals surface area (Å²) in [5.74, 6) is 0. The van der Waals surface area contributed by atoms with Crippen molar-refractivity contribution in [3.63, 3.8) is 0 Å². The van der Waals surface area contributed by atoms with Crippen molar-refractivity contribution in [2.24, 2.45) is 0 Å². The van der Waals surface area contributed by atoms with Gasteiger partial charge < -0.3 is 0 Å². The topological polar surface area (TPSA) is 0 Å². The highest BCUT2D eigenvalue weighted by Crippen LogP contribution is 2.27. The fraction of sp³-hybridized carbons (Fsp3) is 0.250. The standard InChI is InChI=1S/C16H17/c1-16(2,15-11-7-4-8-12-15)13-14-9-5-3-6-10-14/h3,5-12H,13H2,1-2H3. The molecule has 16 heavy (non-hydrogen) atoms. The van der Waals surface area contributed by atoms with Crippen molar-refractivity contribution >= 4 is 0 Å². The molecular formula is C16H17. The molecule has 0 bridgehead atoms. The van der Waals surface area contributed by atoms with Gasteiger partial charge in [0.2, 0.25) is 0 Å². The molecule has 0 aliphatic rings. The fourth-order valence-electron chi connectivity index (χ4n) is 2.05. The van der Waals surface area contributed by atoms with Crippen molar-refractivity contribution in [1.29, 1.82) is 0 Å². The summed E-state index contributed by atoms with van der Waals surface area (Å²) in [6.45, 7) is 4.57. The van der Waals surface area contributed by atoms with Crippen molar-refractivity contribution in [2.75, 3.05) is 0 Å². The van der Waals surface area contributed by atoms with Crippen LogP contribution in [0.25, 0.3) is 0 Å². The third-order valence-corrected chi connectivity index (χ3v) is 2.99. The number of hydrogen-bond acceptors (Lipinski definition) is 0. The largest absolute Gasteiger partial charge is 0.0622 e. The van der Waals surface area contributed by atoms with Crippen molar-refractivity contribution in [1.82, 2.24) is 0 Å². The molecule has 0 atom stereocenters. The second-order valence-corrected chi connectivity index (χ2v) is 4.83. The summed E-state index contributed by atoms with van der Waals surface area (Å²) in [6.07, 6.45) is 1.07. The zero-order valence-corrected chi connectivity index (χ0v) is 9.90. The van der Waals surface area contributed by atoms with Gasteiger partial charge in [0.15, 0.2) is 0 Å². The lowest BCUT2D eigenvalue weighted by Gasteiger charge is -2.25. The average molecular weight is 209 g/mol. The van der Waals surface area contributed by atoms with Gasteiger partial charge in [-0.15, -0.1) is 0 Å². The van der Waals surface area contributed by atoms with Crippen LogP contribution < -0.4 is 0 Å². The first-order valence-corrected chi connectivity index (χ1v) is 5.69. The van der Waals surface area contributed by atoms with Crippen LogP contribution in [0.2, 0.25) is 0 Å². The monoisotopic (exact) mass is 209 g/mol. The summed E-state index contributed by atoms with van der Waals surface area (Å²) in [5.41, 5.74) is 2.94. The predicted octanol–water partition coefficient (Wildman–Crippen LogP) is 4.01. The highest BCUT2D eigenvalue weighted by atomic mass is 14.2. The van der Waals surface area contributed by atoms with Gasteiger partial charge >= 0.3 is 0 Å². The highest BCUT2D eigenvalue weighted by Gasteiger charge is 2.20. The lowest BCUT2D eigenvalue weighted by Crippen LogP contribution is -2.20. The van der Waals surface area contributed by atoms with Gasteiger partial charge in [-0.05, 0) is 29.0 Å². The van der Waals surface area contributed by atoms with E-state index >= 15 is 0 Å². The Labute approximate surface area is 97.9 Å². The van der Waals surface area contributed by atoms with Crippen molar-refractivity contribution in [2.45, 2.75) is 25.7 Å². The molecule has 0 aromatic heterocycles. The normalized spacial score (nSPS) is 11.4. The Kier molecular flexibility index (Phi) is 3.09. The highest BCUT2D eigenvalue weighted by molar-refractivity contribution is 5.27. The first-order valence-electron chi connectivity index (χ1n) is 5.69. The second kappa shape index (κ2) is 4.52. The van der Waals surface area contributed by atoms with Crippen LogP contribution in [0.3, 0.4) is 0 Å². The number of rotatable bonds is 3. The minimum absolute atomic E-state index is 0.177. The Morgan fingerprint density at radius 3 is 2.19 bits per heavy atom. The zero-order valence-electron chi connectivity index (χ0n) is 9.90. The van der Waals surface area contributed by atoms with Crippen LogP contribution in [0, 0.1) is 6.07 Å². The maximum atomic E-state index is 3.07. The van der Waals surface area contributed by atoms with Crippen LogP contribution in [-0.2, 0) is 11.8 Å². The summed E-state index contributed by atoms with van der Waals surface area (Å²) in [7, 11) is 0. The molecule has 0 aliphatic heterocycles. The quantitative estimate of drug-likeness (QED) is 0.716. The molecule has 0 heterocycles. The van der Waals surface area contributed by atoms with Crippen LogP contribution in [0.5, 0.6) is 0 Å². The lowest BCUT2D eigenvalue weighted by molar-refractivity contribution is 0.522. The summed E-state index contributed by atoms with van der Waals surface area (Å²) in [6, 6.07) is 22.0. The number of benzene rings is 2. The zero-order chi connectivity index (χ0) is 11.4. The van der Waals surface area contributed by atoms with E-state index in [2.05, 4.69) is 62.4 Å². The van der Waals surface area contributed by atoms with E-state index in [9.17, 15) is 0 Å². The van der Waals surface area contributed by atoms with Gasteiger partial charge in [-0.2, -0.15) is 0 Å². The van der Waals surface area contributed by atoms with Crippen molar-refractivity contribution in [3.8, 4) is 0 Å². The van der Waals surface area contributed by atoms with E-state index in [1.165, 1.54) is 11.1 Å². The minimum Gasteiger partial charge on any atom is -0.0622 e. The van der Waals surface area contributed by atoms with Gasteiger partial charge in [0.05, 0.1) is 0 Å². The van der Waals surface area contributed by atoms with E-state index in [0.29, 0.717) is 0 Å². The molecule has 1 radical (unpaired) electrons. The third-order valence-electron chi connectivity index (χ3n) is 2.99. The molecule has 0 N–H and O–H groups in total. The van der Waals surface area contributed by atoms with E-state index in [4.69, 9.17) is 0 Å². The second-order valence-electron chi connectivity index (χ2n) is 4.83. The molecule has 0 heteroatoms. The molecule has 2 aromatic carbocycles. The Bertz CT molecular complexity index is 426. The van der Waals surface area contributed by atoms with Crippen LogP contribution in [0.1, 0.15) is 25.0 Å². The van der Waals surface area contributed by atoms with E-state index in [-0.39, 0.29) is 5.41 Å². The molecule has 0 saturated heterocycles. The predicted molar refractivity (Wildman–Crippen MR) is 68.5 cm³/mol. The summed E-state index contributed by atoms with van der Waals surface area (Å²) < 4.78 is 0. The van der Waals surface area contributed by atoms with E-state index in [1.54, 1.807) is 0 Å². The Balaban J connectivity index is 2.21. The lowest BCUT2D eigenvalue weighted by atomic mass is 9.79. The molecule has 0 saturated carbocycles. The van der Waals surface area contributed by atoms with Crippen molar-refractivity contribution < 1.29 is 0 Å². The average Bonchev–Trinajstić information content (AvgIpc) is 2.31. The molecule has 0 amide bonds. The van der Waals surface area contributed by atoms with E-state index in [1.807, 2.05) is 12.1 Å². The minimum atomic E-state index is 0.177. The first kappa shape index (κ1) is 10.9. The SMILES string of the molecule is CC(C)(Cc1ccccc1)c1cc[c]cc1. The number of hydrogen-bond donors (Lipinski definition) is 0. The Morgan fingerprint density at radius 1 is 0.938 bits per heavy atom. The molecule has 0 spiro atoms. The maximum absolute atomic E-state index is 3.07. The fourth-order valence-corrected chi connectivity index (χ4v) is 2.05. The molecular weight excluding hydrogens is 192 g/mol. The molecule has 2 aromatic rings. The van der Waals surface area contributed by atoms with Gasteiger partial charge in [-0.25, -0.2) is 0 Å². The molecule has 0 unspecified atom stereocenters. The van der Waals surface area contributed by atoms with Crippen molar-refractivity contribution in [3.05, 3.63) is 71.8 Å². The summed E-state index contributed by atoms with van der Waals surface area (Å²) >= 11 is 0. The van der Waals surface area contributed by atoms with Crippen LogP contribution >= 0.6 is 0 Å².